The van der Waals surface area contributed by atoms with Crippen molar-refractivity contribution in [3.05, 3.63) is 76.6 Å². The number of carbonyl (C=O) groups excluding carboxylic acids is 1. The Morgan fingerprint density at radius 3 is 2.67 bits per heavy atom. The molecular formula is C22H24FN4O3+. The number of ether oxygens (including phenoxy) is 1. The Hall–Kier alpha value is -3.10. The second kappa shape index (κ2) is 9.15. The van der Waals surface area contributed by atoms with E-state index in [4.69, 9.17) is 4.74 Å². The normalized spacial score (nSPS) is 15.8. The molecule has 7 nitrogen and oxygen atoms in total. The summed E-state index contributed by atoms with van der Waals surface area (Å²) in [6.45, 7) is 3.21. The minimum absolute atomic E-state index is 0.0232. The summed E-state index contributed by atoms with van der Waals surface area (Å²) in [4.78, 5) is 30.7. The van der Waals surface area contributed by atoms with E-state index in [1.807, 2.05) is 6.07 Å². The van der Waals surface area contributed by atoms with Gasteiger partial charge in [0.25, 0.3) is 5.56 Å². The molecule has 156 valence electrons. The van der Waals surface area contributed by atoms with Gasteiger partial charge in [-0.1, -0.05) is 24.3 Å². The summed E-state index contributed by atoms with van der Waals surface area (Å²) in [6, 6.07) is 13.4. The molecule has 0 unspecified atom stereocenters. The fourth-order valence-electron chi connectivity index (χ4n) is 3.82. The van der Waals surface area contributed by atoms with Crippen molar-refractivity contribution in [2.45, 2.75) is 12.6 Å². The van der Waals surface area contributed by atoms with Gasteiger partial charge in [-0.15, -0.1) is 0 Å². The molecule has 1 saturated heterocycles. The fraction of sp³-hybridized carbons (Fsp3) is 0.318. The van der Waals surface area contributed by atoms with Gasteiger partial charge in [0.2, 0.25) is 5.91 Å². The van der Waals surface area contributed by atoms with Crippen LogP contribution in [-0.4, -0.2) is 48.3 Å². The lowest BCUT2D eigenvalue weighted by Crippen LogP contribution is -3.15. The van der Waals surface area contributed by atoms with Crippen molar-refractivity contribution in [3.63, 3.8) is 0 Å². The number of rotatable bonds is 6. The molecule has 1 amide bonds. The number of morpholine rings is 1. The summed E-state index contributed by atoms with van der Waals surface area (Å²) < 4.78 is 20.1. The van der Waals surface area contributed by atoms with Crippen LogP contribution in [0, 0.1) is 5.82 Å². The van der Waals surface area contributed by atoms with Crippen molar-refractivity contribution in [3.8, 4) is 0 Å². The van der Waals surface area contributed by atoms with Crippen molar-refractivity contribution in [1.29, 1.82) is 0 Å². The van der Waals surface area contributed by atoms with E-state index in [1.165, 1.54) is 27.9 Å². The third kappa shape index (κ3) is 4.55. The van der Waals surface area contributed by atoms with Crippen LogP contribution in [0.1, 0.15) is 11.6 Å². The molecule has 0 spiro atoms. The Labute approximate surface area is 173 Å². The number of hydrogen-bond acceptors (Lipinski definition) is 4. The van der Waals surface area contributed by atoms with Gasteiger partial charge in [0.15, 0.2) is 0 Å². The lowest BCUT2D eigenvalue weighted by molar-refractivity contribution is -0.937. The first kappa shape index (κ1) is 20.2. The number of amides is 1. The van der Waals surface area contributed by atoms with Gasteiger partial charge in [-0.2, -0.15) is 0 Å². The van der Waals surface area contributed by atoms with Crippen LogP contribution in [0.15, 0.2) is 59.7 Å². The number of fused-ring (bicyclic) bond motifs is 1. The molecule has 1 aliphatic rings. The Balaban J connectivity index is 1.46. The quantitative estimate of drug-likeness (QED) is 0.612. The zero-order chi connectivity index (χ0) is 20.9. The maximum absolute atomic E-state index is 13.4. The number of hydrogen-bond donors (Lipinski definition) is 2. The van der Waals surface area contributed by atoms with E-state index in [9.17, 15) is 14.0 Å². The molecule has 1 aliphatic heterocycles. The van der Waals surface area contributed by atoms with Crippen LogP contribution < -0.4 is 15.8 Å². The lowest BCUT2D eigenvalue weighted by Gasteiger charge is -2.32. The van der Waals surface area contributed by atoms with Gasteiger partial charge >= 0.3 is 0 Å². The summed E-state index contributed by atoms with van der Waals surface area (Å²) in [5, 5.41) is 3.42. The monoisotopic (exact) mass is 411 g/mol. The van der Waals surface area contributed by atoms with Crippen molar-refractivity contribution in [2.75, 3.05) is 32.8 Å². The molecule has 2 heterocycles. The second-order valence-electron chi connectivity index (χ2n) is 7.37. The smallest absolute Gasteiger partial charge is 0.261 e. The molecule has 0 radical (unpaired) electrons. The molecule has 1 aromatic heterocycles. The number of quaternary nitrogens is 1. The van der Waals surface area contributed by atoms with Gasteiger partial charge in [0.1, 0.15) is 31.5 Å². The van der Waals surface area contributed by atoms with Crippen molar-refractivity contribution in [2.24, 2.45) is 0 Å². The zero-order valence-electron chi connectivity index (χ0n) is 16.5. The van der Waals surface area contributed by atoms with E-state index in [1.54, 1.807) is 30.3 Å². The SMILES string of the molecule is O=C(Cn1cnc2ccccc2c1=O)NC[C@@H](c1ccc(F)cc1)[NH+]1CCOCC1. The summed E-state index contributed by atoms with van der Waals surface area (Å²) in [7, 11) is 0. The van der Waals surface area contributed by atoms with E-state index in [0.29, 0.717) is 30.7 Å². The summed E-state index contributed by atoms with van der Waals surface area (Å²) in [5.74, 6) is -0.560. The van der Waals surface area contributed by atoms with Gasteiger partial charge in [0, 0.05) is 5.56 Å². The highest BCUT2D eigenvalue weighted by atomic mass is 19.1. The van der Waals surface area contributed by atoms with Crippen LogP contribution >= 0.6 is 0 Å². The molecule has 4 rings (SSSR count). The summed E-state index contributed by atoms with van der Waals surface area (Å²) in [5.41, 5.74) is 1.31. The van der Waals surface area contributed by atoms with Gasteiger partial charge in [-0.25, -0.2) is 9.37 Å². The number of para-hydroxylation sites is 1. The first-order valence-corrected chi connectivity index (χ1v) is 10.0. The highest BCUT2D eigenvalue weighted by Crippen LogP contribution is 2.11. The number of halogens is 1. The molecule has 0 saturated carbocycles. The maximum Gasteiger partial charge on any atom is 0.261 e. The van der Waals surface area contributed by atoms with Gasteiger partial charge in [0.05, 0.1) is 37.0 Å². The van der Waals surface area contributed by atoms with Crippen LogP contribution in [-0.2, 0) is 16.1 Å². The van der Waals surface area contributed by atoms with Crippen LogP contribution in [0.5, 0.6) is 0 Å². The highest BCUT2D eigenvalue weighted by molar-refractivity contribution is 5.78. The van der Waals surface area contributed by atoms with Crippen LogP contribution in [0.25, 0.3) is 10.9 Å². The van der Waals surface area contributed by atoms with Gasteiger partial charge < -0.3 is 15.0 Å². The molecule has 2 N–H and O–H groups in total. The predicted molar refractivity (Wildman–Crippen MR) is 110 cm³/mol. The van der Waals surface area contributed by atoms with Crippen molar-refractivity contribution < 1.29 is 18.8 Å². The van der Waals surface area contributed by atoms with Gasteiger partial charge in [-0.05, 0) is 24.3 Å². The first-order valence-electron chi connectivity index (χ1n) is 10.0. The Morgan fingerprint density at radius 2 is 1.90 bits per heavy atom. The fourth-order valence-corrected chi connectivity index (χ4v) is 3.82. The highest BCUT2D eigenvalue weighted by Gasteiger charge is 2.27. The van der Waals surface area contributed by atoms with E-state index in [2.05, 4.69) is 10.3 Å². The van der Waals surface area contributed by atoms with Crippen LogP contribution in [0.2, 0.25) is 0 Å². The van der Waals surface area contributed by atoms with E-state index < -0.39 is 0 Å². The largest absolute Gasteiger partial charge is 0.370 e. The summed E-state index contributed by atoms with van der Waals surface area (Å²) in [6.07, 6.45) is 1.40. The van der Waals surface area contributed by atoms with Crippen LogP contribution in [0.4, 0.5) is 4.39 Å². The topological polar surface area (TPSA) is 77.7 Å². The van der Waals surface area contributed by atoms with Crippen molar-refractivity contribution >= 4 is 16.8 Å². The molecular weight excluding hydrogens is 387 g/mol. The predicted octanol–water partition coefficient (Wildman–Crippen LogP) is 0.308. The molecule has 1 fully saturated rings. The number of nitrogens with zero attached hydrogens (tertiary/aromatic N) is 2. The third-order valence-corrected chi connectivity index (χ3v) is 5.45. The summed E-state index contributed by atoms with van der Waals surface area (Å²) >= 11 is 0. The number of benzene rings is 2. The Kier molecular flexibility index (Phi) is 6.15. The molecule has 1 atom stereocenters. The Bertz CT molecular complexity index is 1080. The average molecular weight is 411 g/mol. The minimum atomic E-state index is -0.290. The zero-order valence-corrected chi connectivity index (χ0v) is 16.5. The Morgan fingerprint density at radius 1 is 1.17 bits per heavy atom. The maximum atomic E-state index is 13.4. The minimum Gasteiger partial charge on any atom is -0.370 e. The van der Waals surface area contributed by atoms with Crippen LogP contribution in [0.3, 0.4) is 0 Å². The molecule has 2 aromatic carbocycles. The molecule has 0 aliphatic carbocycles. The molecule has 0 bridgehead atoms. The molecule has 8 heteroatoms. The van der Waals surface area contributed by atoms with Crippen molar-refractivity contribution in [1.82, 2.24) is 14.9 Å². The van der Waals surface area contributed by atoms with E-state index in [0.717, 1.165) is 18.7 Å². The molecule has 3 aromatic rings. The van der Waals surface area contributed by atoms with E-state index in [-0.39, 0.29) is 29.9 Å². The number of nitrogens with one attached hydrogen (secondary N) is 2. The number of aromatic nitrogens is 2. The number of carbonyl (C=O) groups is 1. The second-order valence-corrected chi connectivity index (χ2v) is 7.37. The third-order valence-electron chi connectivity index (χ3n) is 5.45. The molecule has 30 heavy (non-hydrogen) atoms. The van der Waals surface area contributed by atoms with E-state index >= 15 is 0 Å². The first-order chi connectivity index (χ1) is 14.6. The van der Waals surface area contributed by atoms with Gasteiger partial charge in [-0.3, -0.25) is 14.2 Å². The lowest BCUT2D eigenvalue weighted by atomic mass is 10.0. The average Bonchev–Trinajstić information content (AvgIpc) is 2.78. The standard InChI is InChI=1S/C22H23FN4O3/c23-17-7-5-16(6-8-17)20(26-9-11-30-12-10-26)13-24-21(28)14-27-15-25-19-4-2-1-3-18(19)22(27)29/h1-8,15,20H,9-14H2,(H,24,28)/p+1/t20-/m0/s1.